The van der Waals surface area contributed by atoms with E-state index in [-0.39, 0.29) is 18.8 Å². The third-order valence-electron chi connectivity index (χ3n) is 3.09. The van der Waals surface area contributed by atoms with Gasteiger partial charge in [0.1, 0.15) is 0 Å². The molecule has 1 aromatic rings. The van der Waals surface area contributed by atoms with Crippen LogP contribution in [-0.4, -0.2) is 40.0 Å². The summed E-state index contributed by atoms with van der Waals surface area (Å²) in [6.45, 7) is 3.08. The van der Waals surface area contributed by atoms with Gasteiger partial charge in [-0.2, -0.15) is 0 Å². The summed E-state index contributed by atoms with van der Waals surface area (Å²) in [5.74, 6) is -1.04. The van der Waals surface area contributed by atoms with Crippen LogP contribution in [0.5, 0.6) is 0 Å². The second-order valence-corrected chi connectivity index (χ2v) is 4.43. The number of hydrogen-bond donors (Lipinski definition) is 4. The first-order valence-electron chi connectivity index (χ1n) is 5.82. The number of carbonyl (C=O) groups is 1. The molecule has 0 aliphatic carbocycles. The molecule has 0 aromatic heterocycles. The lowest BCUT2D eigenvalue weighted by molar-refractivity contribution is 0.0696. The lowest BCUT2D eigenvalue weighted by Crippen LogP contribution is -2.45. The smallest absolute Gasteiger partial charge is 0.337 e. The zero-order valence-corrected chi connectivity index (χ0v) is 10.6. The number of aromatic carboxylic acids is 1. The largest absolute Gasteiger partial charge is 0.478 e. The van der Waals surface area contributed by atoms with Gasteiger partial charge >= 0.3 is 5.97 Å². The maximum atomic E-state index is 11.2. The average Bonchev–Trinajstić information content (AvgIpc) is 2.37. The highest BCUT2D eigenvalue weighted by atomic mass is 16.4. The van der Waals surface area contributed by atoms with Crippen LogP contribution in [-0.2, 0) is 0 Å². The Labute approximate surface area is 106 Å². The number of aryl methyl sites for hydroxylation is 1. The number of anilines is 1. The summed E-state index contributed by atoms with van der Waals surface area (Å²) in [6, 6.07) is 4.98. The van der Waals surface area contributed by atoms with Gasteiger partial charge < -0.3 is 20.6 Å². The summed E-state index contributed by atoms with van der Waals surface area (Å²) in [7, 11) is 0. The number of carboxylic acid groups (broad SMARTS) is 1. The molecule has 0 saturated heterocycles. The van der Waals surface area contributed by atoms with Gasteiger partial charge in [-0.3, -0.25) is 0 Å². The molecule has 0 saturated carbocycles. The first-order valence-corrected chi connectivity index (χ1v) is 5.82. The zero-order chi connectivity index (χ0) is 13.8. The minimum atomic E-state index is -1.04. The Balaban J connectivity index is 3.13. The summed E-state index contributed by atoms with van der Waals surface area (Å²) in [6.07, 6.45) is 0.479. The number of aliphatic hydroxyl groups excluding tert-OH is 2. The average molecular weight is 253 g/mol. The Hall–Kier alpha value is -1.59. The molecule has 100 valence electrons. The fourth-order valence-corrected chi connectivity index (χ4v) is 1.67. The summed E-state index contributed by atoms with van der Waals surface area (Å²) in [4.78, 5) is 11.2. The van der Waals surface area contributed by atoms with Crippen LogP contribution in [0.1, 0.15) is 29.3 Å². The van der Waals surface area contributed by atoms with Gasteiger partial charge in [0.2, 0.25) is 0 Å². The molecule has 0 aliphatic rings. The van der Waals surface area contributed by atoms with Crippen LogP contribution in [0.2, 0.25) is 0 Å². The molecule has 0 atom stereocenters. The Morgan fingerprint density at radius 2 is 1.94 bits per heavy atom. The van der Waals surface area contributed by atoms with Crippen LogP contribution >= 0.6 is 0 Å². The van der Waals surface area contributed by atoms with E-state index in [2.05, 4.69) is 5.32 Å². The molecule has 0 heterocycles. The van der Waals surface area contributed by atoms with Crippen LogP contribution in [0.3, 0.4) is 0 Å². The maximum Gasteiger partial charge on any atom is 0.337 e. The Morgan fingerprint density at radius 3 is 2.39 bits per heavy atom. The molecule has 5 nitrogen and oxygen atoms in total. The van der Waals surface area contributed by atoms with E-state index in [4.69, 9.17) is 5.11 Å². The molecule has 0 bridgehead atoms. The third kappa shape index (κ3) is 3.00. The highest BCUT2D eigenvalue weighted by Crippen LogP contribution is 2.23. The summed E-state index contributed by atoms with van der Waals surface area (Å²) < 4.78 is 0. The van der Waals surface area contributed by atoms with Gasteiger partial charge in [-0.1, -0.05) is 18.6 Å². The van der Waals surface area contributed by atoms with Gasteiger partial charge in [0.15, 0.2) is 0 Å². The van der Waals surface area contributed by atoms with E-state index in [1.54, 1.807) is 25.1 Å². The van der Waals surface area contributed by atoms with Crippen molar-refractivity contribution in [2.24, 2.45) is 0 Å². The van der Waals surface area contributed by atoms with Crippen molar-refractivity contribution in [2.45, 2.75) is 25.8 Å². The minimum absolute atomic E-state index is 0.134. The molecule has 0 fully saturated rings. The maximum absolute atomic E-state index is 11.2. The van der Waals surface area contributed by atoms with Crippen molar-refractivity contribution in [3.05, 3.63) is 29.3 Å². The SMILES string of the molecule is CCC(CO)(CO)Nc1ccc(C)cc1C(=O)O. The van der Waals surface area contributed by atoms with Crippen LogP contribution in [0.4, 0.5) is 5.69 Å². The fourth-order valence-electron chi connectivity index (χ4n) is 1.67. The lowest BCUT2D eigenvalue weighted by atomic mass is 9.97. The van der Waals surface area contributed by atoms with Crippen LogP contribution < -0.4 is 5.32 Å². The van der Waals surface area contributed by atoms with Crippen molar-refractivity contribution in [3.63, 3.8) is 0 Å². The first kappa shape index (κ1) is 14.5. The van der Waals surface area contributed by atoms with Gasteiger partial charge in [-0.25, -0.2) is 4.79 Å². The molecule has 0 aliphatic heterocycles. The molecule has 0 amide bonds. The number of rotatable bonds is 6. The molecule has 18 heavy (non-hydrogen) atoms. The van der Waals surface area contributed by atoms with Crippen molar-refractivity contribution in [1.82, 2.24) is 0 Å². The van der Waals surface area contributed by atoms with E-state index < -0.39 is 11.5 Å². The Kier molecular flexibility index (Phi) is 4.69. The van der Waals surface area contributed by atoms with Crippen molar-refractivity contribution in [2.75, 3.05) is 18.5 Å². The summed E-state index contributed by atoms with van der Waals surface area (Å²) >= 11 is 0. The van der Waals surface area contributed by atoms with Gasteiger partial charge in [0, 0.05) is 5.69 Å². The molecule has 0 radical (unpaired) electrons. The second-order valence-electron chi connectivity index (χ2n) is 4.43. The van der Waals surface area contributed by atoms with Crippen molar-refractivity contribution >= 4 is 11.7 Å². The van der Waals surface area contributed by atoms with E-state index in [9.17, 15) is 15.0 Å². The highest BCUT2D eigenvalue weighted by molar-refractivity contribution is 5.94. The lowest BCUT2D eigenvalue weighted by Gasteiger charge is -2.31. The number of aliphatic hydroxyl groups is 2. The predicted octanol–water partition coefficient (Wildman–Crippen LogP) is 1.24. The van der Waals surface area contributed by atoms with E-state index >= 15 is 0 Å². The third-order valence-corrected chi connectivity index (χ3v) is 3.09. The number of hydrogen-bond acceptors (Lipinski definition) is 4. The Bertz CT molecular complexity index is 419. The first-order chi connectivity index (χ1) is 8.48. The van der Waals surface area contributed by atoms with Gasteiger partial charge in [0.25, 0.3) is 0 Å². The van der Waals surface area contributed by atoms with Gasteiger partial charge in [-0.15, -0.1) is 0 Å². The van der Waals surface area contributed by atoms with Crippen molar-refractivity contribution in [1.29, 1.82) is 0 Å². The van der Waals surface area contributed by atoms with Crippen LogP contribution in [0.25, 0.3) is 0 Å². The van der Waals surface area contributed by atoms with Gasteiger partial charge in [-0.05, 0) is 25.5 Å². The van der Waals surface area contributed by atoms with Crippen molar-refractivity contribution < 1.29 is 20.1 Å². The highest BCUT2D eigenvalue weighted by Gasteiger charge is 2.27. The molecule has 1 aromatic carbocycles. The van der Waals surface area contributed by atoms with E-state index in [0.717, 1.165) is 5.56 Å². The molecule has 4 N–H and O–H groups in total. The standard InChI is InChI=1S/C13H19NO4/c1-3-13(7-15,8-16)14-11-5-4-9(2)6-10(11)12(17)18/h4-6,14-16H,3,7-8H2,1-2H3,(H,17,18). The van der Waals surface area contributed by atoms with E-state index in [0.29, 0.717) is 12.1 Å². The fraction of sp³-hybridized carbons (Fsp3) is 0.462. The number of benzene rings is 1. The second kappa shape index (κ2) is 5.84. The monoisotopic (exact) mass is 253 g/mol. The number of carboxylic acids is 1. The topological polar surface area (TPSA) is 89.8 Å². The quantitative estimate of drug-likeness (QED) is 0.612. The molecule has 0 spiro atoms. The summed E-state index contributed by atoms with van der Waals surface area (Å²) in [5.41, 5.74) is 0.472. The summed E-state index contributed by atoms with van der Waals surface area (Å²) in [5, 5.41) is 30.8. The molecular formula is C13H19NO4. The minimum Gasteiger partial charge on any atom is -0.478 e. The Morgan fingerprint density at radius 1 is 1.33 bits per heavy atom. The van der Waals surface area contributed by atoms with Crippen LogP contribution in [0, 0.1) is 6.92 Å². The van der Waals surface area contributed by atoms with Gasteiger partial charge in [0.05, 0.1) is 24.3 Å². The molecular weight excluding hydrogens is 234 g/mol. The van der Waals surface area contributed by atoms with E-state index in [1.807, 2.05) is 6.92 Å². The normalized spacial score (nSPS) is 11.3. The molecule has 0 unspecified atom stereocenters. The molecule has 5 heteroatoms. The van der Waals surface area contributed by atoms with Crippen LogP contribution in [0.15, 0.2) is 18.2 Å². The predicted molar refractivity (Wildman–Crippen MR) is 69.0 cm³/mol. The zero-order valence-electron chi connectivity index (χ0n) is 10.6. The van der Waals surface area contributed by atoms with Crippen molar-refractivity contribution in [3.8, 4) is 0 Å². The number of nitrogens with one attached hydrogen (secondary N) is 1. The molecule has 1 rings (SSSR count). The van der Waals surface area contributed by atoms with E-state index in [1.165, 1.54) is 0 Å².